The summed E-state index contributed by atoms with van der Waals surface area (Å²) in [5.74, 6) is -1.26. The largest absolute Gasteiger partial charge is 0.493 e. The van der Waals surface area contributed by atoms with Crippen molar-refractivity contribution >= 4 is 23.5 Å². The molecule has 2 N–H and O–H groups in total. The zero-order valence-corrected chi connectivity index (χ0v) is 18.5. The maximum absolute atomic E-state index is 12.7. The van der Waals surface area contributed by atoms with Crippen LogP contribution in [0, 0.1) is 6.92 Å². The highest BCUT2D eigenvalue weighted by molar-refractivity contribution is 6.07. The maximum Gasteiger partial charge on any atom is 0.340 e. The highest BCUT2D eigenvalue weighted by atomic mass is 16.5. The van der Waals surface area contributed by atoms with Crippen LogP contribution in [0.5, 0.6) is 11.5 Å². The van der Waals surface area contributed by atoms with Crippen molar-refractivity contribution in [1.82, 2.24) is 5.32 Å². The van der Waals surface area contributed by atoms with Crippen molar-refractivity contribution in [3.05, 3.63) is 77.2 Å². The molecule has 0 atom stereocenters. The highest BCUT2D eigenvalue weighted by Gasteiger charge is 2.21. The lowest BCUT2D eigenvalue weighted by Crippen LogP contribution is -2.28. The molecule has 0 saturated carbocycles. The third kappa shape index (κ3) is 6.13. The number of rotatable bonds is 9. The summed E-state index contributed by atoms with van der Waals surface area (Å²) >= 11 is 0. The molecule has 1 aromatic heterocycles. The first kappa shape index (κ1) is 23.4. The first-order valence-corrected chi connectivity index (χ1v) is 10.0. The van der Waals surface area contributed by atoms with Crippen LogP contribution >= 0.6 is 0 Å². The molecular weight excluding hydrogens is 428 g/mol. The molecule has 3 aromatic rings. The molecule has 0 radical (unpaired) electrons. The van der Waals surface area contributed by atoms with Gasteiger partial charge in [-0.25, -0.2) is 4.79 Å². The molecule has 9 nitrogen and oxygen atoms in total. The van der Waals surface area contributed by atoms with Crippen LogP contribution in [0.25, 0.3) is 0 Å². The van der Waals surface area contributed by atoms with Gasteiger partial charge in [0, 0.05) is 18.7 Å². The fourth-order valence-corrected chi connectivity index (χ4v) is 2.91. The summed E-state index contributed by atoms with van der Waals surface area (Å²) in [5, 5.41) is 5.28. The summed E-state index contributed by atoms with van der Waals surface area (Å²) < 4.78 is 20.7. The molecule has 2 amide bonds. The molecule has 172 valence electrons. The lowest BCUT2D eigenvalue weighted by atomic mass is 10.1. The van der Waals surface area contributed by atoms with E-state index in [0.717, 1.165) is 11.1 Å². The Balaban J connectivity index is 1.69. The van der Waals surface area contributed by atoms with Crippen molar-refractivity contribution in [1.29, 1.82) is 0 Å². The van der Waals surface area contributed by atoms with Crippen molar-refractivity contribution < 1.29 is 33.0 Å². The van der Waals surface area contributed by atoms with Crippen LogP contribution < -0.4 is 20.1 Å². The lowest BCUT2D eigenvalue weighted by Gasteiger charge is -2.15. The molecule has 3 rings (SSSR count). The van der Waals surface area contributed by atoms with E-state index in [1.54, 1.807) is 6.07 Å². The Kier molecular flexibility index (Phi) is 7.69. The number of carbonyl (C=O) groups excluding carboxylic acids is 3. The number of hydrogen-bond acceptors (Lipinski definition) is 7. The van der Waals surface area contributed by atoms with Crippen LogP contribution in [0.1, 0.15) is 32.0 Å². The molecule has 0 aliphatic carbocycles. The van der Waals surface area contributed by atoms with Gasteiger partial charge in [0.2, 0.25) is 0 Å². The fraction of sp³-hybridized carbons (Fsp3) is 0.208. The van der Waals surface area contributed by atoms with E-state index in [4.69, 9.17) is 18.6 Å². The minimum absolute atomic E-state index is 0.0149. The number of amides is 2. The summed E-state index contributed by atoms with van der Waals surface area (Å²) in [6.07, 6.45) is 1.36. The second kappa shape index (κ2) is 10.9. The second-order valence-electron chi connectivity index (χ2n) is 7.02. The first-order chi connectivity index (χ1) is 15.9. The van der Waals surface area contributed by atoms with Crippen LogP contribution in [0.3, 0.4) is 0 Å². The predicted molar refractivity (Wildman–Crippen MR) is 120 cm³/mol. The van der Waals surface area contributed by atoms with Crippen LogP contribution in [-0.2, 0) is 16.1 Å². The molecule has 0 aliphatic rings. The Bertz CT molecular complexity index is 1120. The van der Waals surface area contributed by atoms with Gasteiger partial charge in [0.15, 0.2) is 23.9 Å². The summed E-state index contributed by atoms with van der Waals surface area (Å²) in [5.41, 5.74) is 2.13. The number of methoxy groups -OCH3 is 2. The average molecular weight is 452 g/mol. The van der Waals surface area contributed by atoms with Gasteiger partial charge in [0.05, 0.1) is 31.7 Å². The zero-order chi connectivity index (χ0) is 23.8. The van der Waals surface area contributed by atoms with Gasteiger partial charge >= 0.3 is 5.97 Å². The number of anilines is 1. The number of esters is 1. The van der Waals surface area contributed by atoms with Crippen LogP contribution in [0.4, 0.5) is 5.69 Å². The minimum Gasteiger partial charge on any atom is -0.493 e. The van der Waals surface area contributed by atoms with Crippen molar-refractivity contribution in [2.45, 2.75) is 13.5 Å². The Labute approximate surface area is 190 Å². The van der Waals surface area contributed by atoms with E-state index in [1.165, 1.54) is 38.7 Å². The lowest BCUT2D eigenvalue weighted by molar-refractivity contribution is -0.124. The molecule has 9 heteroatoms. The van der Waals surface area contributed by atoms with E-state index < -0.39 is 24.4 Å². The molecule has 0 fully saturated rings. The molecule has 1 heterocycles. The van der Waals surface area contributed by atoms with Crippen LogP contribution in [-0.4, -0.2) is 38.6 Å². The van der Waals surface area contributed by atoms with Crippen molar-refractivity contribution in [3.8, 4) is 11.5 Å². The standard InChI is InChI=1S/C24H24N2O7/c1-15-6-8-16(9-7-15)13-25-22(27)14-33-24(29)17-11-20(30-2)21(31-3)12-18(17)26-23(28)19-5-4-10-32-19/h4-12H,13-14H2,1-3H3,(H,25,27)(H,26,28). The zero-order valence-electron chi connectivity index (χ0n) is 18.5. The molecule has 2 aromatic carbocycles. The smallest absolute Gasteiger partial charge is 0.340 e. The van der Waals surface area contributed by atoms with Crippen LogP contribution in [0.2, 0.25) is 0 Å². The van der Waals surface area contributed by atoms with Gasteiger partial charge in [0.25, 0.3) is 11.8 Å². The summed E-state index contributed by atoms with van der Waals surface area (Å²) in [6.45, 7) is 1.78. The second-order valence-corrected chi connectivity index (χ2v) is 7.02. The van der Waals surface area contributed by atoms with Gasteiger partial charge in [-0.15, -0.1) is 0 Å². The Morgan fingerprint density at radius 2 is 1.67 bits per heavy atom. The number of aryl methyl sites for hydroxylation is 1. The monoisotopic (exact) mass is 452 g/mol. The van der Waals surface area contributed by atoms with E-state index >= 15 is 0 Å². The fourth-order valence-electron chi connectivity index (χ4n) is 2.91. The van der Waals surface area contributed by atoms with E-state index in [1.807, 2.05) is 31.2 Å². The number of carbonyl (C=O) groups is 3. The van der Waals surface area contributed by atoms with Gasteiger partial charge < -0.3 is 29.3 Å². The number of nitrogens with one attached hydrogen (secondary N) is 2. The number of furan rings is 1. The average Bonchev–Trinajstić information content (AvgIpc) is 3.37. The van der Waals surface area contributed by atoms with Gasteiger partial charge in [-0.3, -0.25) is 9.59 Å². The molecule has 0 saturated heterocycles. The quantitative estimate of drug-likeness (QED) is 0.479. The van der Waals surface area contributed by atoms with E-state index in [2.05, 4.69) is 10.6 Å². The van der Waals surface area contributed by atoms with Crippen molar-refractivity contribution in [3.63, 3.8) is 0 Å². The topological polar surface area (TPSA) is 116 Å². The maximum atomic E-state index is 12.7. The SMILES string of the molecule is COc1cc(NC(=O)c2ccco2)c(C(=O)OCC(=O)NCc2ccc(C)cc2)cc1OC. The minimum atomic E-state index is -0.823. The van der Waals surface area contributed by atoms with E-state index in [9.17, 15) is 14.4 Å². The van der Waals surface area contributed by atoms with Gasteiger partial charge in [-0.05, 0) is 24.6 Å². The van der Waals surface area contributed by atoms with Crippen LogP contribution in [0.15, 0.2) is 59.2 Å². The molecule has 0 spiro atoms. The molecule has 33 heavy (non-hydrogen) atoms. The summed E-state index contributed by atoms with van der Waals surface area (Å²) in [7, 11) is 2.83. The Hall–Kier alpha value is -4.27. The number of ether oxygens (including phenoxy) is 3. The van der Waals surface area contributed by atoms with Crippen molar-refractivity contribution in [2.75, 3.05) is 26.1 Å². The van der Waals surface area contributed by atoms with Gasteiger partial charge in [-0.1, -0.05) is 29.8 Å². The Morgan fingerprint density at radius 1 is 0.970 bits per heavy atom. The number of benzene rings is 2. The first-order valence-electron chi connectivity index (χ1n) is 10.0. The summed E-state index contributed by atoms with van der Waals surface area (Å²) in [4.78, 5) is 37.3. The highest BCUT2D eigenvalue weighted by Crippen LogP contribution is 2.34. The normalized spacial score (nSPS) is 10.3. The third-order valence-electron chi connectivity index (χ3n) is 4.68. The van der Waals surface area contributed by atoms with Crippen molar-refractivity contribution in [2.24, 2.45) is 0 Å². The molecule has 0 aliphatic heterocycles. The molecule has 0 unspecified atom stereocenters. The van der Waals surface area contributed by atoms with E-state index in [0.29, 0.717) is 12.3 Å². The van der Waals surface area contributed by atoms with E-state index in [-0.39, 0.29) is 22.8 Å². The third-order valence-corrected chi connectivity index (χ3v) is 4.68. The molecule has 0 bridgehead atoms. The van der Waals surface area contributed by atoms with Gasteiger partial charge in [-0.2, -0.15) is 0 Å². The molecular formula is C24H24N2O7. The van der Waals surface area contributed by atoms with Gasteiger partial charge in [0.1, 0.15) is 0 Å². The Morgan fingerprint density at radius 3 is 2.30 bits per heavy atom. The predicted octanol–water partition coefficient (Wildman–Crippen LogP) is 3.33. The number of hydrogen-bond donors (Lipinski definition) is 2. The summed E-state index contributed by atoms with van der Waals surface area (Å²) in [6, 6.07) is 13.5.